The molecule has 2 fully saturated rings. The molecule has 0 spiro atoms. The first kappa shape index (κ1) is 21.6. The Morgan fingerprint density at radius 3 is 1.57 bits per heavy atom. The van der Waals surface area contributed by atoms with Gasteiger partial charge in [0, 0.05) is 22.2 Å². The summed E-state index contributed by atoms with van der Waals surface area (Å²) in [5.74, 6) is 1.23. The summed E-state index contributed by atoms with van der Waals surface area (Å²) in [5, 5.41) is 10.6. The third-order valence-corrected chi connectivity index (χ3v) is 6.62. The predicted molar refractivity (Wildman–Crippen MR) is 115 cm³/mol. The van der Waals surface area contributed by atoms with Crippen LogP contribution in [0.2, 0.25) is 5.28 Å². The van der Waals surface area contributed by atoms with Gasteiger partial charge >= 0.3 is 0 Å². The molecule has 28 heavy (non-hydrogen) atoms. The van der Waals surface area contributed by atoms with Crippen LogP contribution in [0.5, 0.6) is 0 Å². The average molecular weight is 410 g/mol. The van der Waals surface area contributed by atoms with Gasteiger partial charge in [0.2, 0.25) is 17.2 Å². The zero-order valence-corrected chi connectivity index (χ0v) is 19.4. The molecule has 158 valence electrons. The average Bonchev–Trinajstić information content (AvgIpc) is 2.40. The van der Waals surface area contributed by atoms with Crippen molar-refractivity contribution in [3.8, 4) is 0 Å². The van der Waals surface area contributed by atoms with Crippen LogP contribution >= 0.6 is 11.6 Å². The van der Waals surface area contributed by atoms with E-state index in [1.54, 1.807) is 0 Å². The lowest BCUT2D eigenvalue weighted by Crippen LogP contribution is -2.63. The number of halogens is 1. The smallest absolute Gasteiger partial charge is 0.232 e. The minimum absolute atomic E-state index is 0.0627. The van der Waals surface area contributed by atoms with Gasteiger partial charge in [-0.3, -0.25) is 0 Å². The van der Waals surface area contributed by atoms with Gasteiger partial charge in [0.15, 0.2) is 0 Å². The monoisotopic (exact) mass is 409 g/mol. The number of aromatic nitrogens is 3. The minimum atomic E-state index is -0.335. The molecule has 0 saturated carbocycles. The van der Waals surface area contributed by atoms with Crippen molar-refractivity contribution in [2.45, 2.75) is 116 Å². The van der Waals surface area contributed by atoms with Crippen molar-refractivity contribution in [3.63, 3.8) is 0 Å². The highest BCUT2D eigenvalue weighted by Crippen LogP contribution is 2.44. The number of piperidine rings is 2. The lowest BCUT2D eigenvalue weighted by atomic mass is 9.78. The fraction of sp³-hybridized carbons (Fsp3) is 0.857. The zero-order valence-electron chi connectivity index (χ0n) is 18.7. The predicted octanol–water partition coefficient (Wildman–Crippen LogP) is 4.59. The Morgan fingerprint density at radius 2 is 1.14 bits per heavy atom. The first-order valence-electron chi connectivity index (χ1n) is 10.4. The summed E-state index contributed by atoms with van der Waals surface area (Å²) in [6, 6.07) is 0. The summed E-state index contributed by atoms with van der Waals surface area (Å²) in [4.78, 5) is 18.6. The van der Waals surface area contributed by atoms with E-state index in [9.17, 15) is 5.11 Å². The molecule has 0 aliphatic carbocycles. The van der Waals surface area contributed by atoms with E-state index >= 15 is 0 Å². The van der Waals surface area contributed by atoms with Crippen LogP contribution in [0.15, 0.2) is 0 Å². The molecule has 7 heteroatoms. The number of hydrogen-bond acceptors (Lipinski definition) is 6. The number of hydrogen-bond donors (Lipinski definition) is 1. The summed E-state index contributed by atoms with van der Waals surface area (Å²) in [7, 11) is 0. The molecule has 0 unspecified atom stereocenters. The van der Waals surface area contributed by atoms with Gasteiger partial charge in [0.05, 0.1) is 6.10 Å². The van der Waals surface area contributed by atoms with Crippen LogP contribution in [0.3, 0.4) is 0 Å². The van der Waals surface area contributed by atoms with Crippen LogP contribution < -0.4 is 9.80 Å². The molecule has 1 N–H and O–H groups in total. The van der Waals surface area contributed by atoms with Gasteiger partial charge in [0.1, 0.15) is 0 Å². The SMILES string of the molecule is CC1(C)CCCC(C)(C)N1c1nc(Cl)nc(N2C(C)(C)CC(O)CC2(C)C)n1. The van der Waals surface area contributed by atoms with Gasteiger partial charge in [0.25, 0.3) is 0 Å². The van der Waals surface area contributed by atoms with Crippen molar-refractivity contribution >= 4 is 23.5 Å². The van der Waals surface area contributed by atoms with E-state index in [1.807, 2.05) is 0 Å². The molecule has 0 atom stereocenters. The molecule has 3 rings (SSSR count). The topological polar surface area (TPSA) is 65.4 Å². The van der Waals surface area contributed by atoms with Gasteiger partial charge in [-0.2, -0.15) is 15.0 Å². The molecule has 3 heterocycles. The van der Waals surface area contributed by atoms with Crippen LogP contribution in [-0.2, 0) is 0 Å². The summed E-state index contributed by atoms with van der Waals surface area (Å²) in [6.07, 6.45) is 4.35. The molecule has 0 bridgehead atoms. The third kappa shape index (κ3) is 3.82. The zero-order chi connectivity index (χ0) is 21.1. The van der Waals surface area contributed by atoms with Crippen LogP contribution in [0, 0.1) is 0 Å². The van der Waals surface area contributed by atoms with Crippen LogP contribution in [-0.4, -0.2) is 48.3 Å². The van der Waals surface area contributed by atoms with E-state index in [2.05, 4.69) is 75.2 Å². The van der Waals surface area contributed by atoms with Gasteiger partial charge in [-0.1, -0.05) is 0 Å². The van der Waals surface area contributed by atoms with E-state index in [-0.39, 0.29) is 33.5 Å². The number of rotatable bonds is 2. The first-order valence-corrected chi connectivity index (χ1v) is 10.7. The van der Waals surface area contributed by atoms with Gasteiger partial charge in [-0.15, -0.1) is 0 Å². The first-order chi connectivity index (χ1) is 12.7. The Kier molecular flexibility index (Phi) is 5.16. The minimum Gasteiger partial charge on any atom is -0.393 e. The number of aliphatic hydroxyl groups is 1. The van der Waals surface area contributed by atoms with Gasteiger partial charge in [-0.25, -0.2) is 0 Å². The van der Waals surface area contributed by atoms with Gasteiger partial charge < -0.3 is 14.9 Å². The Labute approximate surface area is 174 Å². The van der Waals surface area contributed by atoms with Crippen LogP contribution in [0.25, 0.3) is 0 Å². The second-order valence-electron chi connectivity index (χ2n) is 11.0. The largest absolute Gasteiger partial charge is 0.393 e. The highest BCUT2D eigenvalue weighted by molar-refractivity contribution is 6.28. The number of aliphatic hydroxyl groups excluding tert-OH is 1. The standard InChI is InChI=1S/C21H36ClN5O/c1-18(2)10-9-11-19(3,4)26(18)16-23-15(22)24-17(25-16)27-20(5,6)12-14(28)13-21(27,7)8/h14,28H,9-13H2,1-8H3. The Balaban J connectivity index is 2.12. The maximum absolute atomic E-state index is 10.4. The van der Waals surface area contributed by atoms with Crippen LogP contribution in [0.4, 0.5) is 11.9 Å². The summed E-state index contributed by atoms with van der Waals surface area (Å²) in [5.41, 5.74) is -0.717. The second-order valence-corrected chi connectivity index (χ2v) is 11.4. The Hall–Kier alpha value is -1.14. The maximum atomic E-state index is 10.4. The highest BCUT2D eigenvalue weighted by Gasteiger charge is 2.48. The third-order valence-electron chi connectivity index (χ3n) is 6.45. The molecule has 0 aromatic carbocycles. The molecule has 6 nitrogen and oxygen atoms in total. The molecule has 0 radical (unpaired) electrons. The van der Waals surface area contributed by atoms with Crippen molar-refractivity contribution < 1.29 is 5.11 Å². The Bertz CT molecular complexity index is 712. The molecule has 1 aromatic rings. The van der Waals surface area contributed by atoms with E-state index in [0.29, 0.717) is 24.7 Å². The maximum Gasteiger partial charge on any atom is 0.232 e. The van der Waals surface area contributed by atoms with Crippen molar-refractivity contribution in [2.75, 3.05) is 9.80 Å². The molecule has 2 aliphatic heterocycles. The Morgan fingerprint density at radius 1 is 0.750 bits per heavy atom. The van der Waals surface area contributed by atoms with Crippen LogP contribution in [0.1, 0.15) is 87.5 Å². The van der Waals surface area contributed by atoms with Crippen molar-refractivity contribution in [1.82, 2.24) is 15.0 Å². The lowest BCUT2D eigenvalue weighted by molar-refractivity contribution is 0.0637. The summed E-state index contributed by atoms with van der Waals surface area (Å²) in [6.45, 7) is 17.5. The van der Waals surface area contributed by atoms with E-state index in [4.69, 9.17) is 16.6 Å². The lowest BCUT2D eigenvalue weighted by Gasteiger charge is -2.55. The molecule has 1 aromatic heterocycles. The molecular formula is C21H36ClN5O. The van der Waals surface area contributed by atoms with E-state index in [1.165, 1.54) is 6.42 Å². The number of anilines is 2. The normalized spacial score (nSPS) is 26.4. The summed E-state index contributed by atoms with van der Waals surface area (Å²) < 4.78 is 0. The highest BCUT2D eigenvalue weighted by atomic mass is 35.5. The quantitative estimate of drug-likeness (QED) is 0.770. The van der Waals surface area contributed by atoms with Crippen molar-refractivity contribution in [3.05, 3.63) is 5.28 Å². The second kappa shape index (κ2) is 6.69. The summed E-state index contributed by atoms with van der Waals surface area (Å²) >= 11 is 6.42. The van der Waals surface area contributed by atoms with Gasteiger partial charge in [-0.05, 0) is 99.1 Å². The number of nitrogens with zero attached hydrogens (tertiary/aromatic N) is 5. The van der Waals surface area contributed by atoms with Crippen molar-refractivity contribution in [1.29, 1.82) is 0 Å². The van der Waals surface area contributed by atoms with E-state index in [0.717, 1.165) is 12.8 Å². The van der Waals surface area contributed by atoms with E-state index < -0.39 is 0 Å². The molecule has 2 saturated heterocycles. The molecule has 2 aliphatic rings. The molecular weight excluding hydrogens is 374 g/mol. The fourth-order valence-corrected chi connectivity index (χ4v) is 5.99. The fourth-order valence-electron chi connectivity index (χ4n) is 5.84. The van der Waals surface area contributed by atoms with Crippen molar-refractivity contribution in [2.24, 2.45) is 0 Å². The molecule has 0 amide bonds.